The number of hydrogen-bond donors (Lipinski definition) is 1. The molecule has 19 heavy (non-hydrogen) atoms. The molecular weight excluding hydrogens is 238 g/mol. The molecule has 0 saturated heterocycles. The Morgan fingerprint density at radius 1 is 0.947 bits per heavy atom. The fourth-order valence-corrected chi connectivity index (χ4v) is 2.43. The van der Waals surface area contributed by atoms with Crippen molar-refractivity contribution in [2.75, 3.05) is 13.2 Å². The molecule has 3 heteroatoms. The smallest absolute Gasteiger partial charge is 0.198 e. The highest BCUT2D eigenvalue weighted by atomic mass is 16.5. The Balaban J connectivity index is 2.03. The molecule has 2 N–H and O–H groups in total. The molecule has 0 aromatic heterocycles. The Morgan fingerprint density at radius 2 is 1.68 bits per heavy atom. The first-order valence-electron chi connectivity index (χ1n) is 6.43. The van der Waals surface area contributed by atoms with E-state index in [1.54, 1.807) is 0 Å². The number of benzene rings is 2. The van der Waals surface area contributed by atoms with Gasteiger partial charge in [0.05, 0.1) is 12.2 Å². The predicted octanol–water partition coefficient (Wildman–Crippen LogP) is 2.63. The summed E-state index contributed by atoms with van der Waals surface area (Å²) in [5, 5.41) is 0. The minimum atomic E-state index is 0.0500. The number of ketones is 1. The van der Waals surface area contributed by atoms with Gasteiger partial charge in [-0.15, -0.1) is 0 Å². The molecule has 0 unspecified atom stereocenters. The molecule has 0 heterocycles. The average Bonchev–Trinajstić information content (AvgIpc) is 2.74. The lowest BCUT2D eigenvalue weighted by molar-refractivity contribution is 0.104. The Morgan fingerprint density at radius 3 is 2.47 bits per heavy atom. The quantitative estimate of drug-likeness (QED) is 0.727. The van der Waals surface area contributed by atoms with Gasteiger partial charge in [0.25, 0.3) is 0 Å². The maximum atomic E-state index is 12.4. The lowest BCUT2D eigenvalue weighted by Gasteiger charge is -2.09. The van der Waals surface area contributed by atoms with Crippen LogP contribution >= 0.6 is 0 Å². The fraction of sp³-hybridized carbons (Fsp3) is 0.188. The van der Waals surface area contributed by atoms with E-state index in [9.17, 15) is 4.79 Å². The third-order valence-corrected chi connectivity index (χ3v) is 3.32. The summed E-state index contributed by atoms with van der Waals surface area (Å²) >= 11 is 0. The first-order chi connectivity index (χ1) is 9.33. The summed E-state index contributed by atoms with van der Waals surface area (Å²) in [6.45, 7) is 1.12. The largest absolute Gasteiger partial charge is 0.493 e. The van der Waals surface area contributed by atoms with Crippen molar-refractivity contribution in [3.05, 3.63) is 53.6 Å². The number of carbonyl (C=O) groups is 1. The Hall–Kier alpha value is -2.13. The lowest BCUT2D eigenvalue weighted by atomic mass is 10.1. The molecule has 0 radical (unpaired) electrons. The highest BCUT2D eigenvalue weighted by molar-refractivity contribution is 6.23. The van der Waals surface area contributed by atoms with Crippen LogP contribution in [0.15, 0.2) is 42.5 Å². The molecule has 3 rings (SSSR count). The van der Waals surface area contributed by atoms with E-state index >= 15 is 0 Å². The number of fused-ring (bicyclic) bond motifs is 3. The van der Waals surface area contributed by atoms with Gasteiger partial charge in [-0.3, -0.25) is 4.79 Å². The summed E-state index contributed by atoms with van der Waals surface area (Å²) in [4.78, 5) is 12.4. The van der Waals surface area contributed by atoms with E-state index in [2.05, 4.69) is 0 Å². The maximum Gasteiger partial charge on any atom is 0.198 e. The van der Waals surface area contributed by atoms with Gasteiger partial charge in [0.2, 0.25) is 0 Å². The molecular formula is C16H15NO2. The molecule has 3 nitrogen and oxygen atoms in total. The first-order valence-corrected chi connectivity index (χ1v) is 6.43. The molecule has 0 spiro atoms. The van der Waals surface area contributed by atoms with E-state index in [0.29, 0.717) is 24.5 Å². The highest BCUT2D eigenvalue weighted by Crippen LogP contribution is 2.40. The SMILES string of the molecule is NCCCOc1cccc2c1C(=O)c1ccccc1-2. The summed E-state index contributed by atoms with van der Waals surface area (Å²) in [5.74, 6) is 0.709. The maximum absolute atomic E-state index is 12.4. The first kappa shape index (κ1) is 11.9. The molecule has 1 aliphatic carbocycles. The third kappa shape index (κ3) is 1.92. The van der Waals surface area contributed by atoms with E-state index in [-0.39, 0.29) is 5.78 Å². The lowest BCUT2D eigenvalue weighted by Crippen LogP contribution is -2.08. The standard InChI is InChI=1S/C16H15NO2/c17-9-4-10-19-14-8-3-7-12-11-5-1-2-6-13(11)16(18)15(12)14/h1-3,5-8H,4,9-10,17H2. The van der Waals surface area contributed by atoms with Gasteiger partial charge >= 0.3 is 0 Å². The number of carbonyl (C=O) groups excluding carboxylic acids is 1. The summed E-state index contributed by atoms with van der Waals surface area (Å²) < 4.78 is 5.69. The minimum absolute atomic E-state index is 0.0500. The van der Waals surface area contributed by atoms with Crippen LogP contribution < -0.4 is 10.5 Å². The number of ether oxygens (including phenoxy) is 1. The zero-order chi connectivity index (χ0) is 13.2. The van der Waals surface area contributed by atoms with Gasteiger partial charge in [0, 0.05) is 5.56 Å². The van der Waals surface area contributed by atoms with Crippen molar-refractivity contribution in [2.45, 2.75) is 6.42 Å². The van der Waals surface area contributed by atoms with E-state index in [4.69, 9.17) is 10.5 Å². The fourth-order valence-electron chi connectivity index (χ4n) is 2.43. The normalized spacial score (nSPS) is 12.2. The van der Waals surface area contributed by atoms with Crippen LogP contribution in [0, 0.1) is 0 Å². The Labute approximate surface area is 112 Å². The second kappa shape index (κ2) is 4.86. The Kier molecular flexibility index (Phi) is 3.05. The van der Waals surface area contributed by atoms with E-state index in [1.165, 1.54) is 0 Å². The van der Waals surface area contributed by atoms with E-state index in [0.717, 1.165) is 23.1 Å². The van der Waals surface area contributed by atoms with Crippen LogP contribution in [0.5, 0.6) is 5.75 Å². The van der Waals surface area contributed by atoms with Gasteiger partial charge in [0.1, 0.15) is 5.75 Å². The molecule has 0 saturated carbocycles. The summed E-state index contributed by atoms with van der Waals surface area (Å²) in [6, 6.07) is 13.4. The molecule has 96 valence electrons. The number of rotatable bonds is 4. The van der Waals surface area contributed by atoms with Crippen LogP contribution in [-0.4, -0.2) is 18.9 Å². The second-order valence-electron chi connectivity index (χ2n) is 4.54. The van der Waals surface area contributed by atoms with Crippen molar-refractivity contribution in [1.29, 1.82) is 0 Å². The van der Waals surface area contributed by atoms with Crippen molar-refractivity contribution in [3.63, 3.8) is 0 Å². The predicted molar refractivity (Wildman–Crippen MR) is 74.5 cm³/mol. The van der Waals surface area contributed by atoms with Crippen LogP contribution in [-0.2, 0) is 0 Å². The van der Waals surface area contributed by atoms with Crippen LogP contribution in [0.2, 0.25) is 0 Å². The van der Waals surface area contributed by atoms with Gasteiger partial charge in [-0.2, -0.15) is 0 Å². The Bertz CT molecular complexity index is 634. The van der Waals surface area contributed by atoms with Crippen LogP contribution in [0.25, 0.3) is 11.1 Å². The van der Waals surface area contributed by atoms with Crippen LogP contribution in [0.3, 0.4) is 0 Å². The third-order valence-electron chi connectivity index (χ3n) is 3.32. The van der Waals surface area contributed by atoms with Crippen molar-refractivity contribution in [2.24, 2.45) is 5.73 Å². The van der Waals surface area contributed by atoms with Crippen LogP contribution in [0.4, 0.5) is 0 Å². The second-order valence-corrected chi connectivity index (χ2v) is 4.54. The van der Waals surface area contributed by atoms with Crippen molar-refractivity contribution < 1.29 is 9.53 Å². The van der Waals surface area contributed by atoms with Gasteiger partial charge in [-0.1, -0.05) is 36.4 Å². The summed E-state index contributed by atoms with van der Waals surface area (Å²) in [6.07, 6.45) is 0.783. The molecule has 0 amide bonds. The molecule has 1 aliphatic rings. The highest BCUT2D eigenvalue weighted by Gasteiger charge is 2.29. The van der Waals surface area contributed by atoms with E-state index < -0.39 is 0 Å². The zero-order valence-corrected chi connectivity index (χ0v) is 10.6. The van der Waals surface area contributed by atoms with Crippen molar-refractivity contribution in [3.8, 4) is 16.9 Å². The molecule has 2 aromatic carbocycles. The topological polar surface area (TPSA) is 52.3 Å². The summed E-state index contributed by atoms with van der Waals surface area (Å²) in [7, 11) is 0. The molecule has 0 bridgehead atoms. The molecule has 0 atom stereocenters. The van der Waals surface area contributed by atoms with Crippen LogP contribution in [0.1, 0.15) is 22.3 Å². The van der Waals surface area contributed by atoms with Gasteiger partial charge < -0.3 is 10.5 Å². The zero-order valence-electron chi connectivity index (χ0n) is 10.6. The number of hydrogen-bond acceptors (Lipinski definition) is 3. The summed E-state index contributed by atoms with van der Waals surface area (Å²) in [5.41, 5.74) is 8.85. The van der Waals surface area contributed by atoms with Crippen molar-refractivity contribution in [1.82, 2.24) is 0 Å². The van der Waals surface area contributed by atoms with Gasteiger partial charge in [-0.05, 0) is 30.2 Å². The monoisotopic (exact) mass is 253 g/mol. The van der Waals surface area contributed by atoms with Crippen molar-refractivity contribution >= 4 is 5.78 Å². The number of nitrogens with two attached hydrogens (primary N) is 1. The average molecular weight is 253 g/mol. The minimum Gasteiger partial charge on any atom is -0.493 e. The molecule has 0 fully saturated rings. The van der Waals surface area contributed by atoms with Gasteiger partial charge in [-0.25, -0.2) is 0 Å². The molecule has 2 aromatic rings. The van der Waals surface area contributed by atoms with Gasteiger partial charge in [0.15, 0.2) is 5.78 Å². The molecule has 0 aliphatic heterocycles. The van der Waals surface area contributed by atoms with E-state index in [1.807, 2.05) is 42.5 Å².